The number of hydrogen-bond acceptors (Lipinski definition) is 3. The number of hydrogen-bond donors (Lipinski definition) is 1. The summed E-state index contributed by atoms with van der Waals surface area (Å²) < 4.78 is 5.90. The molecule has 3 nitrogen and oxygen atoms in total. The van der Waals surface area contributed by atoms with Crippen molar-refractivity contribution < 1.29 is 9.53 Å². The van der Waals surface area contributed by atoms with Crippen LogP contribution in [0.25, 0.3) is 0 Å². The van der Waals surface area contributed by atoms with Crippen molar-refractivity contribution in [2.45, 2.75) is 19.8 Å². The molecule has 78 valence electrons. The second-order valence-corrected chi connectivity index (χ2v) is 3.80. The van der Waals surface area contributed by atoms with Crippen LogP contribution in [0.15, 0.2) is 0 Å². The van der Waals surface area contributed by atoms with E-state index in [0.717, 1.165) is 17.4 Å². The summed E-state index contributed by atoms with van der Waals surface area (Å²) >= 11 is 2.32. The van der Waals surface area contributed by atoms with Crippen molar-refractivity contribution >= 4 is 28.6 Å². The average molecular weight is 299 g/mol. The Morgan fingerprint density at radius 2 is 2.31 bits per heavy atom. The molecular weight excluding hydrogens is 281 g/mol. The summed E-state index contributed by atoms with van der Waals surface area (Å²) in [6, 6.07) is 0. The minimum absolute atomic E-state index is 0.0692. The third-order valence-electron chi connectivity index (χ3n) is 1.78. The van der Waals surface area contributed by atoms with Crippen molar-refractivity contribution in [1.82, 2.24) is 5.32 Å². The molecule has 0 heterocycles. The van der Waals surface area contributed by atoms with E-state index in [1.54, 1.807) is 0 Å². The Bertz CT molecular complexity index is 142. The van der Waals surface area contributed by atoms with Gasteiger partial charge in [-0.15, -0.1) is 0 Å². The summed E-state index contributed by atoms with van der Waals surface area (Å²) in [5.41, 5.74) is 0. The maximum absolute atomic E-state index is 11.1. The highest BCUT2D eigenvalue weighted by Gasteiger charge is 2.12. The van der Waals surface area contributed by atoms with Gasteiger partial charge in [0.1, 0.15) is 0 Å². The second-order valence-electron chi connectivity index (χ2n) is 2.92. The number of carbonyl (C=O) groups excluding carboxylic acids is 1. The maximum atomic E-state index is 11.1. The fraction of sp³-hybridized carbons (Fsp3) is 0.889. The fourth-order valence-electron chi connectivity index (χ4n) is 1.04. The maximum Gasteiger partial charge on any atom is 0.306 e. The van der Waals surface area contributed by atoms with Crippen LogP contribution in [0, 0.1) is 5.92 Å². The van der Waals surface area contributed by atoms with Crippen LogP contribution in [0.1, 0.15) is 19.8 Å². The van der Waals surface area contributed by atoms with E-state index in [1.165, 1.54) is 0 Å². The van der Waals surface area contributed by atoms with Gasteiger partial charge < -0.3 is 10.1 Å². The molecule has 0 rings (SSSR count). The van der Waals surface area contributed by atoms with Gasteiger partial charge in [0.25, 0.3) is 0 Å². The van der Waals surface area contributed by atoms with E-state index in [4.69, 9.17) is 4.74 Å². The lowest BCUT2D eigenvalue weighted by Crippen LogP contribution is -2.18. The molecular formula is C9H18INO2. The van der Waals surface area contributed by atoms with E-state index in [-0.39, 0.29) is 5.97 Å². The third kappa shape index (κ3) is 7.25. The van der Waals surface area contributed by atoms with Gasteiger partial charge in [-0.2, -0.15) is 0 Å². The SMILES string of the molecule is CCOC(=O)CC(CI)CCNC. The zero-order valence-electron chi connectivity index (χ0n) is 8.31. The number of nitrogens with one attached hydrogen (secondary N) is 1. The number of alkyl halides is 1. The smallest absolute Gasteiger partial charge is 0.306 e. The summed E-state index contributed by atoms with van der Waals surface area (Å²) in [7, 11) is 1.93. The number of rotatable bonds is 7. The van der Waals surface area contributed by atoms with Crippen LogP contribution < -0.4 is 5.32 Å². The van der Waals surface area contributed by atoms with Crippen LogP contribution in [0.3, 0.4) is 0 Å². The van der Waals surface area contributed by atoms with E-state index < -0.39 is 0 Å². The normalized spacial score (nSPS) is 12.5. The Balaban J connectivity index is 3.62. The standard InChI is InChI=1S/C9H18INO2/c1-3-13-9(12)6-8(7-10)4-5-11-2/h8,11H,3-7H2,1-2H3. The number of ether oxygens (including phenoxy) is 1. The van der Waals surface area contributed by atoms with Crippen molar-refractivity contribution in [1.29, 1.82) is 0 Å². The molecule has 0 saturated heterocycles. The monoisotopic (exact) mass is 299 g/mol. The Kier molecular flexibility index (Phi) is 8.85. The Morgan fingerprint density at radius 1 is 1.62 bits per heavy atom. The van der Waals surface area contributed by atoms with Crippen molar-refractivity contribution in [2.75, 3.05) is 24.6 Å². The molecule has 0 amide bonds. The highest BCUT2D eigenvalue weighted by molar-refractivity contribution is 14.1. The molecule has 4 heteroatoms. The van der Waals surface area contributed by atoms with Gasteiger partial charge in [0.15, 0.2) is 0 Å². The summed E-state index contributed by atoms with van der Waals surface area (Å²) in [6.07, 6.45) is 1.59. The van der Waals surface area contributed by atoms with Crippen LogP contribution in [0.5, 0.6) is 0 Å². The molecule has 0 aromatic rings. The number of esters is 1. The van der Waals surface area contributed by atoms with Gasteiger partial charge >= 0.3 is 5.97 Å². The summed E-state index contributed by atoms with van der Waals surface area (Å²) in [4.78, 5) is 11.1. The lowest BCUT2D eigenvalue weighted by Gasteiger charge is -2.12. The summed E-state index contributed by atoms with van der Waals surface area (Å²) in [5, 5.41) is 3.08. The molecule has 0 spiro atoms. The van der Waals surface area contributed by atoms with Gasteiger partial charge in [0.05, 0.1) is 6.61 Å². The molecule has 0 saturated carbocycles. The topological polar surface area (TPSA) is 38.3 Å². The first-order valence-electron chi connectivity index (χ1n) is 4.60. The van der Waals surface area contributed by atoms with Crippen LogP contribution >= 0.6 is 22.6 Å². The predicted octanol–water partition coefficient (Wildman–Crippen LogP) is 1.60. The van der Waals surface area contributed by atoms with E-state index in [9.17, 15) is 4.79 Å². The molecule has 0 bridgehead atoms. The van der Waals surface area contributed by atoms with Crippen LogP contribution in [-0.2, 0) is 9.53 Å². The molecule has 0 aromatic carbocycles. The zero-order valence-corrected chi connectivity index (χ0v) is 10.5. The van der Waals surface area contributed by atoms with Gasteiger partial charge in [0.2, 0.25) is 0 Å². The molecule has 1 unspecified atom stereocenters. The largest absolute Gasteiger partial charge is 0.466 e. The summed E-state index contributed by atoms with van der Waals surface area (Å²) in [5.74, 6) is 0.382. The molecule has 0 aliphatic carbocycles. The van der Waals surface area contributed by atoms with E-state index >= 15 is 0 Å². The van der Waals surface area contributed by atoms with E-state index in [1.807, 2.05) is 14.0 Å². The molecule has 13 heavy (non-hydrogen) atoms. The number of halogens is 1. The Morgan fingerprint density at radius 3 is 2.77 bits per heavy atom. The Hall–Kier alpha value is 0.160. The number of carbonyl (C=O) groups is 1. The molecule has 0 aromatic heterocycles. The first kappa shape index (κ1) is 13.2. The summed E-state index contributed by atoms with van der Waals surface area (Å²) in [6.45, 7) is 3.29. The molecule has 0 aliphatic rings. The van der Waals surface area contributed by atoms with Crippen LogP contribution in [0.4, 0.5) is 0 Å². The van der Waals surface area contributed by atoms with Gasteiger partial charge in [-0.25, -0.2) is 0 Å². The van der Waals surface area contributed by atoms with Crippen molar-refractivity contribution in [3.8, 4) is 0 Å². The minimum atomic E-state index is -0.0692. The molecule has 0 radical (unpaired) electrons. The quantitative estimate of drug-likeness (QED) is 0.441. The minimum Gasteiger partial charge on any atom is -0.466 e. The third-order valence-corrected chi connectivity index (χ3v) is 3.03. The predicted molar refractivity (Wildman–Crippen MR) is 62.2 cm³/mol. The van der Waals surface area contributed by atoms with E-state index in [2.05, 4.69) is 27.9 Å². The highest BCUT2D eigenvalue weighted by Crippen LogP contribution is 2.12. The van der Waals surface area contributed by atoms with Gasteiger partial charge in [-0.05, 0) is 32.9 Å². The van der Waals surface area contributed by atoms with Gasteiger partial charge in [-0.3, -0.25) is 4.79 Å². The second kappa shape index (κ2) is 8.74. The van der Waals surface area contributed by atoms with Gasteiger partial charge in [-0.1, -0.05) is 22.6 Å². The average Bonchev–Trinajstić information content (AvgIpc) is 2.12. The van der Waals surface area contributed by atoms with Crippen molar-refractivity contribution in [3.05, 3.63) is 0 Å². The molecule has 1 atom stereocenters. The molecule has 0 fully saturated rings. The molecule has 0 aliphatic heterocycles. The van der Waals surface area contributed by atoms with Gasteiger partial charge in [0, 0.05) is 10.8 Å². The highest BCUT2D eigenvalue weighted by atomic mass is 127. The van der Waals surface area contributed by atoms with Crippen LogP contribution in [0.2, 0.25) is 0 Å². The van der Waals surface area contributed by atoms with E-state index in [0.29, 0.717) is 18.9 Å². The fourth-order valence-corrected chi connectivity index (χ4v) is 1.79. The zero-order chi connectivity index (χ0) is 10.1. The van der Waals surface area contributed by atoms with Crippen LogP contribution in [-0.4, -0.2) is 30.6 Å². The molecule has 1 N–H and O–H groups in total. The Labute approximate surface area is 93.7 Å². The van der Waals surface area contributed by atoms with Crippen molar-refractivity contribution in [3.63, 3.8) is 0 Å². The lowest BCUT2D eigenvalue weighted by atomic mass is 10.0. The first-order chi connectivity index (χ1) is 6.24. The van der Waals surface area contributed by atoms with Crippen molar-refractivity contribution in [2.24, 2.45) is 5.92 Å². The lowest BCUT2D eigenvalue weighted by molar-refractivity contribution is -0.144. The first-order valence-corrected chi connectivity index (χ1v) is 6.13.